The van der Waals surface area contributed by atoms with Crippen molar-refractivity contribution in [2.24, 2.45) is 0 Å². The Kier molecular flexibility index (Phi) is 5.08. The van der Waals surface area contributed by atoms with Crippen molar-refractivity contribution >= 4 is 12.0 Å². The Morgan fingerprint density at radius 1 is 1.24 bits per heavy atom. The molecule has 1 fully saturated rings. The summed E-state index contributed by atoms with van der Waals surface area (Å²) >= 11 is 0. The van der Waals surface area contributed by atoms with E-state index in [-0.39, 0.29) is 13.0 Å². The molecule has 0 bridgehead atoms. The van der Waals surface area contributed by atoms with Gasteiger partial charge >= 0.3 is 18.2 Å². The summed E-state index contributed by atoms with van der Waals surface area (Å²) in [4.78, 5) is 23.2. The number of aliphatic hydroxyl groups excluding tert-OH is 1. The molecule has 1 saturated heterocycles. The first kappa shape index (κ1) is 17.5. The van der Waals surface area contributed by atoms with Crippen LogP contribution in [0.15, 0.2) is 0 Å². The van der Waals surface area contributed by atoms with E-state index in [1.165, 1.54) is 0 Å². The van der Waals surface area contributed by atoms with Crippen LogP contribution in [0.25, 0.3) is 0 Å². The Labute approximate surface area is 120 Å². The van der Waals surface area contributed by atoms with Gasteiger partial charge in [0.1, 0.15) is 5.60 Å². The van der Waals surface area contributed by atoms with Gasteiger partial charge in [-0.25, -0.2) is 4.79 Å². The SMILES string of the molecule is CC(C)(C)OC(=O)N[C@H]1C[C@@H](O)CN(C(=O)C(F)(F)F)C1. The number of likely N-dealkylation sites (tertiary alicyclic amines) is 1. The minimum Gasteiger partial charge on any atom is -0.444 e. The molecule has 1 heterocycles. The lowest BCUT2D eigenvalue weighted by Crippen LogP contribution is -2.57. The summed E-state index contributed by atoms with van der Waals surface area (Å²) in [5, 5.41) is 11.9. The van der Waals surface area contributed by atoms with Gasteiger partial charge in [-0.05, 0) is 27.2 Å². The van der Waals surface area contributed by atoms with E-state index in [0.717, 1.165) is 0 Å². The summed E-state index contributed by atoms with van der Waals surface area (Å²) in [5.41, 5.74) is -0.751. The molecule has 0 unspecified atom stereocenters. The minimum atomic E-state index is -5.01. The van der Waals surface area contributed by atoms with Crippen LogP contribution in [0.1, 0.15) is 27.2 Å². The molecule has 2 N–H and O–H groups in total. The van der Waals surface area contributed by atoms with Crippen molar-refractivity contribution < 1.29 is 32.6 Å². The molecule has 0 aromatic carbocycles. The number of amides is 2. The summed E-state index contributed by atoms with van der Waals surface area (Å²) in [6, 6.07) is -0.796. The van der Waals surface area contributed by atoms with Gasteiger partial charge in [-0.2, -0.15) is 13.2 Å². The molecule has 2 amide bonds. The monoisotopic (exact) mass is 312 g/mol. The average Bonchev–Trinajstić information content (AvgIpc) is 2.22. The van der Waals surface area contributed by atoms with Gasteiger partial charge < -0.3 is 20.1 Å². The number of piperidine rings is 1. The van der Waals surface area contributed by atoms with E-state index in [9.17, 15) is 27.9 Å². The summed E-state index contributed by atoms with van der Waals surface area (Å²) in [6.45, 7) is 4.19. The Bertz CT molecular complexity index is 406. The van der Waals surface area contributed by atoms with Gasteiger partial charge in [-0.1, -0.05) is 0 Å². The van der Waals surface area contributed by atoms with Crippen LogP contribution in [0, 0.1) is 0 Å². The molecule has 6 nitrogen and oxygen atoms in total. The lowest BCUT2D eigenvalue weighted by Gasteiger charge is -2.36. The predicted molar refractivity (Wildman–Crippen MR) is 66.4 cm³/mol. The Morgan fingerprint density at radius 2 is 1.81 bits per heavy atom. The zero-order valence-electron chi connectivity index (χ0n) is 12.0. The summed E-state index contributed by atoms with van der Waals surface area (Å²) in [5.74, 6) is -2.03. The number of hydrogen-bond acceptors (Lipinski definition) is 4. The second-order valence-corrected chi connectivity index (χ2v) is 5.94. The maximum absolute atomic E-state index is 12.4. The molecule has 0 aromatic rings. The second kappa shape index (κ2) is 6.08. The van der Waals surface area contributed by atoms with Gasteiger partial charge in [0.25, 0.3) is 0 Å². The molecule has 0 radical (unpaired) electrons. The van der Waals surface area contributed by atoms with Crippen molar-refractivity contribution in [3.05, 3.63) is 0 Å². The van der Waals surface area contributed by atoms with Crippen molar-refractivity contribution in [2.75, 3.05) is 13.1 Å². The van der Waals surface area contributed by atoms with Crippen LogP contribution in [0.5, 0.6) is 0 Å². The van der Waals surface area contributed by atoms with E-state index in [1.807, 2.05) is 0 Å². The molecule has 122 valence electrons. The van der Waals surface area contributed by atoms with Crippen LogP contribution in [-0.2, 0) is 9.53 Å². The molecule has 0 spiro atoms. The second-order valence-electron chi connectivity index (χ2n) is 5.94. The van der Waals surface area contributed by atoms with Crippen LogP contribution in [0.3, 0.4) is 0 Å². The number of carbonyl (C=O) groups is 2. The Balaban J connectivity index is 2.64. The molecule has 0 saturated carbocycles. The molecule has 9 heteroatoms. The molecule has 1 rings (SSSR count). The van der Waals surface area contributed by atoms with Crippen LogP contribution in [-0.4, -0.2) is 59.0 Å². The zero-order valence-corrected chi connectivity index (χ0v) is 12.0. The third-order valence-corrected chi connectivity index (χ3v) is 2.68. The predicted octanol–water partition coefficient (Wildman–Crippen LogP) is 1.04. The number of rotatable bonds is 1. The first-order valence-corrected chi connectivity index (χ1v) is 6.42. The van der Waals surface area contributed by atoms with Crippen molar-refractivity contribution in [2.45, 2.75) is 51.1 Å². The summed E-state index contributed by atoms with van der Waals surface area (Å²) in [7, 11) is 0. The lowest BCUT2D eigenvalue weighted by molar-refractivity contribution is -0.188. The third kappa shape index (κ3) is 5.78. The largest absolute Gasteiger partial charge is 0.471 e. The van der Waals surface area contributed by atoms with E-state index < -0.39 is 42.5 Å². The Hall–Kier alpha value is -1.51. The number of carbonyl (C=O) groups excluding carboxylic acids is 2. The fourth-order valence-electron chi connectivity index (χ4n) is 2.00. The normalized spacial score (nSPS) is 23.7. The molecule has 0 aromatic heterocycles. The molecule has 1 aliphatic rings. The lowest BCUT2D eigenvalue weighted by atomic mass is 10.0. The molecule has 1 aliphatic heterocycles. The van der Waals surface area contributed by atoms with Gasteiger partial charge in [0, 0.05) is 13.1 Å². The number of aliphatic hydroxyl groups is 1. The maximum Gasteiger partial charge on any atom is 0.471 e. The maximum atomic E-state index is 12.4. The van der Waals surface area contributed by atoms with Crippen molar-refractivity contribution in [1.82, 2.24) is 10.2 Å². The third-order valence-electron chi connectivity index (χ3n) is 2.68. The summed E-state index contributed by atoms with van der Waals surface area (Å²) in [6.07, 6.45) is -6.89. The molecular formula is C12H19F3N2O4. The van der Waals surface area contributed by atoms with Crippen LogP contribution < -0.4 is 5.32 Å². The molecular weight excluding hydrogens is 293 g/mol. The first-order valence-electron chi connectivity index (χ1n) is 6.42. The van der Waals surface area contributed by atoms with Gasteiger partial charge in [-0.3, -0.25) is 4.79 Å². The van der Waals surface area contributed by atoms with Crippen molar-refractivity contribution in [3.8, 4) is 0 Å². The smallest absolute Gasteiger partial charge is 0.444 e. The quantitative estimate of drug-likeness (QED) is 0.758. The fraction of sp³-hybridized carbons (Fsp3) is 0.833. The highest BCUT2D eigenvalue weighted by atomic mass is 19.4. The van der Waals surface area contributed by atoms with E-state index >= 15 is 0 Å². The average molecular weight is 312 g/mol. The standard InChI is InChI=1S/C12H19F3N2O4/c1-11(2,3)21-10(20)16-7-4-8(18)6-17(5-7)9(19)12(13,14)15/h7-8,18H,4-6H2,1-3H3,(H,16,20)/t7-,8+/m0/s1. The van der Waals surface area contributed by atoms with Gasteiger partial charge in [0.15, 0.2) is 0 Å². The molecule has 0 aliphatic carbocycles. The molecule has 21 heavy (non-hydrogen) atoms. The highest BCUT2D eigenvalue weighted by Crippen LogP contribution is 2.22. The van der Waals surface area contributed by atoms with Gasteiger partial charge in [0.2, 0.25) is 0 Å². The fourth-order valence-corrected chi connectivity index (χ4v) is 2.00. The van der Waals surface area contributed by atoms with Crippen molar-refractivity contribution in [3.63, 3.8) is 0 Å². The number of hydrogen-bond donors (Lipinski definition) is 2. The number of alkyl halides is 3. The highest BCUT2D eigenvalue weighted by Gasteiger charge is 2.45. The molecule has 2 atom stereocenters. The van der Waals surface area contributed by atoms with E-state index in [2.05, 4.69) is 5.32 Å². The number of nitrogens with one attached hydrogen (secondary N) is 1. The van der Waals surface area contributed by atoms with Crippen molar-refractivity contribution in [1.29, 1.82) is 0 Å². The first-order chi connectivity index (χ1) is 9.38. The number of nitrogens with zero attached hydrogens (tertiary/aromatic N) is 1. The number of ether oxygens (including phenoxy) is 1. The minimum absolute atomic E-state index is 0.0564. The number of halogens is 3. The van der Waals surface area contributed by atoms with Crippen LogP contribution >= 0.6 is 0 Å². The zero-order chi connectivity index (χ0) is 16.4. The van der Waals surface area contributed by atoms with Gasteiger partial charge in [0.05, 0.1) is 12.1 Å². The van der Waals surface area contributed by atoms with Crippen LogP contribution in [0.2, 0.25) is 0 Å². The number of alkyl carbamates (subject to hydrolysis) is 1. The Morgan fingerprint density at radius 3 is 2.29 bits per heavy atom. The topological polar surface area (TPSA) is 78.9 Å². The van der Waals surface area contributed by atoms with E-state index in [1.54, 1.807) is 20.8 Å². The van der Waals surface area contributed by atoms with E-state index in [4.69, 9.17) is 4.74 Å². The van der Waals surface area contributed by atoms with E-state index in [0.29, 0.717) is 4.90 Å². The highest BCUT2D eigenvalue weighted by molar-refractivity contribution is 5.82. The van der Waals surface area contributed by atoms with Crippen LogP contribution in [0.4, 0.5) is 18.0 Å². The summed E-state index contributed by atoms with van der Waals surface area (Å²) < 4.78 is 42.1. The van der Waals surface area contributed by atoms with Gasteiger partial charge in [-0.15, -0.1) is 0 Å². The number of β-amino-alcohol motifs (C(OH)–C–C–N with tert-alkyl or cyclic N) is 1.